The lowest BCUT2D eigenvalue weighted by molar-refractivity contribution is -0.137. The second-order valence-electron chi connectivity index (χ2n) is 11.2. The number of pyridine rings is 1. The number of nitrogens with one attached hydrogen (secondary N) is 1. The smallest absolute Gasteiger partial charge is 0.254 e. The summed E-state index contributed by atoms with van der Waals surface area (Å²) in [5, 5.41) is 2.97. The molecule has 40 heavy (non-hydrogen) atoms. The third-order valence-electron chi connectivity index (χ3n) is 8.37. The first-order chi connectivity index (χ1) is 19.3. The minimum Gasteiger partial charge on any atom is -0.369 e. The zero-order valence-corrected chi connectivity index (χ0v) is 23.3. The van der Waals surface area contributed by atoms with Crippen LogP contribution in [0.2, 0.25) is 0 Å². The van der Waals surface area contributed by atoms with Crippen LogP contribution in [0.25, 0.3) is 0 Å². The molecule has 0 radical (unpaired) electrons. The fourth-order valence-electron chi connectivity index (χ4n) is 5.97. The predicted molar refractivity (Wildman–Crippen MR) is 151 cm³/mol. The molecule has 5 rings (SSSR count). The fourth-order valence-corrected chi connectivity index (χ4v) is 5.97. The third-order valence-corrected chi connectivity index (χ3v) is 8.37. The van der Waals surface area contributed by atoms with Gasteiger partial charge in [-0.1, -0.05) is 6.92 Å². The van der Waals surface area contributed by atoms with Gasteiger partial charge < -0.3 is 24.9 Å². The molecule has 3 aliphatic rings. The highest BCUT2D eigenvalue weighted by atomic mass is 16.2. The Balaban J connectivity index is 1.07. The van der Waals surface area contributed by atoms with Crippen molar-refractivity contribution >= 4 is 29.2 Å². The molecule has 3 saturated heterocycles. The Morgan fingerprint density at radius 2 is 1.65 bits per heavy atom. The number of Topliss-reactive ketones (excluding diaryl/α,β-unsaturated/α-hetero) is 1. The normalized spacial score (nSPS) is 21.9. The Labute approximate surface area is 235 Å². The zero-order chi connectivity index (χ0) is 28.2. The lowest BCUT2D eigenvalue weighted by Crippen LogP contribution is -2.44. The van der Waals surface area contributed by atoms with Crippen molar-refractivity contribution in [2.24, 2.45) is 5.92 Å². The first-order valence-corrected chi connectivity index (χ1v) is 14.2. The molecule has 0 saturated carbocycles. The lowest BCUT2D eigenvalue weighted by Gasteiger charge is -2.34. The number of hydrogen-bond donors (Lipinski definition) is 1. The molecule has 0 bridgehead atoms. The van der Waals surface area contributed by atoms with Gasteiger partial charge in [-0.2, -0.15) is 0 Å². The molecular weight excluding hydrogens is 508 g/mol. The summed E-state index contributed by atoms with van der Waals surface area (Å²) in [5.41, 5.74) is 2.25. The Morgan fingerprint density at radius 3 is 2.35 bits per heavy atom. The van der Waals surface area contributed by atoms with E-state index in [1.54, 1.807) is 34.3 Å². The molecule has 2 aromatic rings. The van der Waals surface area contributed by atoms with Crippen LogP contribution in [0.15, 0.2) is 48.8 Å². The molecule has 3 fully saturated rings. The molecule has 10 nitrogen and oxygen atoms in total. The zero-order valence-electron chi connectivity index (χ0n) is 23.3. The van der Waals surface area contributed by atoms with Crippen molar-refractivity contribution in [3.63, 3.8) is 0 Å². The first kappa shape index (κ1) is 27.8. The second kappa shape index (κ2) is 12.2. The van der Waals surface area contributed by atoms with Crippen molar-refractivity contribution in [3.8, 4) is 0 Å². The van der Waals surface area contributed by atoms with E-state index in [0.717, 1.165) is 31.9 Å². The number of amides is 3. The highest BCUT2D eigenvalue weighted by Crippen LogP contribution is 2.32. The Kier molecular flexibility index (Phi) is 8.44. The van der Waals surface area contributed by atoms with Crippen molar-refractivity contribution in [3.05, 3.63) is 59.9 Å². The van der Waals surface area contributed by atoms with E-state index in [-0.39, 0.29) is 42.0 Å². The van der Waals surface area contributed by atoms with Crippen LogP contribution in [-0.2, 0) is 9.59 Å². The average molecular weight is 547 g/mol. The second-order valence-corrected chi connectivity index (χ2v) is 11.2. The van der Waals surface area contributed by atoms with Gasteiger partial charge in [0.2, 0.25) is 5.91 Å². The third kappa shape index (κ3) is 6.01. The van der Waals surface area contributed by atoms with Gasteiger partial charge in [0.05, 0.1) is 12.6 Å². The molecule has 0 aliphatic carbocycles. The van der Waals surface area contributed by atoms with Crippen LogP contribution in [0.1, 0.15) is 46.9 Å². The van der Waals surface area contributed by atoms with Crippen molar-refractivity contribution in [1.82, 2.24) is 25.0 Å². The topological polar surface area (TPSA) is 106 Å². The van der Waals surface area contributed by atoms with E-state index in [9.17, 15) is 19.2 Å². The number of piperazine rings is 1. The predicted octanol–water partition coefficient (Wildman–Crippen LogP) is 1.67. The molecule has 4 heterocycles. The van der Waals surface area contributed by atoms with Gasteiger partial charge in [-0.05, 0) is 62.2 Å². The molecule has 3 amide bonds. The van der Waals surface area contributed by atoms with E-state index >= 15 is 0 Å². The van der Waals surface area contributed by atoms with Gasteiger partial charge in [0.1, 0.15) is 6.04 Å². The number of fused-ring (bicyclic) bond motifs is 1. The van der Waals surface area contributed by atoms with Crippen LogP contribution in [0.3, 0.4) is 0 Å². The first-order valence-electron chi connectivity index (χ1n) is 14.2. The van der Waals surface area contributed by atoms with Crippen LogP contribution in [0.4, 0.5) is 5.69 Å². The number of carbonyl (C=O) groups excluding carboxylic acids is 4. The molecule has 1 aromatic carbocycles. The Morgan fingerprint density at radius 1 is 0.950 bits per heavy atom. The van der Waals surface area contributed by atoms with E-state index in [2.05, 4.69) is 27.1 Å². The fraction of sp³-hybridized carbons (Fsp3) is 0.500. The summed E-state index contributed by atoms with van der Waals surface area (Å²) < 4.78 is 0. The van der Waals surface area contributed by atoms with Gasteiger partial charge in [0.15, 0.2) is 5.78 Å². The number of hydrogen-bond acceptors (Lipinski definition) is 7. The molecule has 3 atom stereocenters. The summed E-state index contributed by atoms with van der Waals surface area (Å²) in [6, 6.07) is 10.2. The number of likely N-dealkylation sites (tertiary alicyclic amines) is 2. The SMILES string of the molecule is CC(CCNC(=O)c1ccc(N2CCN(C)CC2)cc1)CC(=O)N1CCC2C1C(=O)CN2C(=O)c1ccncc1. The summed E-state index contributed by atoms with van der Waals surface area (Å²) in [4.78, 5) is 63.5. The largest absolute Gasteiger partial charge is 0.369 e. The Bertz CT molecular complexity index is 1230. The van der Waals surface area contributed by atoms with E-state index in [4.69, 9.17) is 0 Å². The maximum absolute atomic E-state index is 13.2. The van der Waals surface area contributed by atoms with Crippen molar-refractivity contribution in [1.29, 1.82) is 0 Å². The minimum atomic E-state index is -0.570. The standard InChI is InChI=1S/C30H38N6O4/c1-21(7-13-32-29(39)22-3-5-24(6-4-22)34-17-15-33(2)16-18-34)19-27(38)35-14-10-25-28(35)26(37)20-36(25)30(40)23-8-11-31-12-9-23/h3-6,8-9,11-12,21,25,28H,7,10,13-20H2,1-2H3,(H,32,39). The van der Waals surface area contributed by atoms with Crippen LogP contribution in [0, 0.1) is 5.92 Å². The van der Waals surface area contributed by atoms with Crippen LogP contribution in [0.5, 0.6) is 0 Å². The summed E-state index contributed by atoms with van der Waals surface area (Å²) in [5.74, 6) is -0.441. The molecule has 1 aromatic heterocycles. The molecule has 10 heteroatoms. The minimum absolute atomic E-state index is 0.0260. The van der Waals surface area contributed by atoms with Crippen molar-refractivity contribution in [2.75, 3.05) is 57.8 Å². The molecule has 0 spiro atoms. The monoisotopic (exact) mass is 546 g/mol. The highest BCUT2D eigenvalue weighted by molar-refractivity contribution is 6.02. The number of benzene rings is 1. The average Bonchev–Trinajstić information content (AvgIpc) is 3.55. The quantitative estimate of drug-likeness (QED) is 0.537. The molecule has 3 unspecified atom stereocenters. The van der Waals surface area contributed by atoms with Crippen molar-refractivity contribution in [2.45, 2.75) is 38.3 Å². The number of likely N-dealkylation sites (N-methyl/N-ethyl adjacent to an activating group) is 1. The van der Waals surface area contributed by atoms with Gasteiger partial charge in [-0.3, -0.25) is 24.2 Å². The van der Waals surface area contributed by atoms with Gasteiger partial charge in [-0.15, -0.1) is 0 Å². The highest BCUT2D eigenvalue weighted by Gasteiger charge is 2.51. The summed E-state index contributed by atoms with van der Waals surface area (Å²) in [7, 11) is 2.13. The van der Waals surface area contributed by atoms with Gasteiger partial charge in [-0.25, -0.2) is 0 Å². The molecular formula is C30H38N6O4. The summed E-state index contributed by atoms with van der Waals surface area (Å²) >= 11 is 0. The molecule has 1 N–H and O–H groups in total. The number of aromatic nitrogens is 1. The summed E-state index contributed by atoms with van der Waals surface area (Å²) in [6.45, 7) is 6.96. The van der Waals surface area contributed by atoms with E-state index in [1.165, 1.54) is 0 Å². The molecule has 3 aliphatic heterocycles. The molecule has 212 valence electrons. The van der Waals surface area contributed by atoms with Crippen LogP contribution < -0.4 is 10.2 Å². The maximum Gasteiger partial charge on any atom is 0.254 e. The van der Waals surface area contributed by atoms with Gasteiger partial charge in [0.25, 0.3) is 11.8 Å². The van der Waals surface area contributed by atoms with E-state index in [1.807, 2.05) is 31.2 Å². The summed E-state index contributed by atoms with van der Waals surface area (Å²) in [6.07, 6.45) is 4.66. The number of nitrogens with zero attached hydrogens (tertiary/aromatic N) is 5. The van der Waals surface area contributed by atoms with Gasteiger partial charge in [0, 0.05) is 74.9 Å². The van der Waals surface area contributed by atoms with Crippen LogP contribution in [-0.4, -0.2) is 108 Å². The van der Waals surface area contributed by atoms with Gasteiger partial charge >= 0.3 is 0 Å². The van der Waals surface area contributed by atoms with Crippen molar-refractivity contribution < 1.29 is 19.2 Å². The van der Waals surface area contributed by atoms with E-state index < -0.39 is 6.04 Å². The Hall–Kier alpha value is -3.79. The number of ketones is 1. The number of anilines is 1. The number of rotatable bonds is 8. The number of carbonyl (C=O) groups is 4. The van der Waals surface area contributed by atoms with Crippen LogP contribution >= 0.6 is 0 Å². The lowest BCUT2D eigenvalue weighted by atomic mass is 10.0. The van der Waals surface area contributed by atoms with E-state index in [0.29, 0.717) is 43.5 Å². The maximum atomic E-state index is 13.2.